The predicted molar refractivity (Wildman–Crippen MR) is 37.8 cm³/mol. The molecule has 0 aromatic rings. The van der Waals surface area contributed by atoms with Crippen molar-refractivity contribution < 1.29 is 14.6 Å². The maximum atomic E-state index is 11.4. The smallest absolute Gasteiger partial charge is 0.314 e. The molecule has 3 aliphatic carbocycles. The fourth-order valence-corrected chi connectivity index (χ4v) is 4.15. The second-order valence-electron chi connectivity index (χ2n) is 5.08. The fourth-order valence-electron chi connectivity index (χ4n) is 4.15. The lowest BCUT2D eigenvalue weighted by atomic mass is 9.83. The third kappa shape index (κ3) is 0.274. The van der Waals surface area contributed by atoms with E-state index in [1.807, 2.05) is 6.92 Å². The topological polar surface area (TPSA) is 46.5 Å². The Hall–Kier alpha value is -0.570. The Bertz CT molecular complexity index is 339. The lowest BCUT2D eigenvalue weighted by molar-refractivity contribution is -0.173. The molecule has 0 amide bonds. The highest BCUT2D eigenvalue weighted by Crippen LogP contribution is 2.94. The molecule has 64 valence electrons. The van der Waals surface area contributed by atoms with Gasteiger partial charge in [-0.1, -0.05) is 0 Å². The Balaban J connectivity index is 1.98. The van der Waals surface area contributed by atoms with Crippen molar-refractivity contribution in [2.24, 2.45) is 22.7 Å². The van der Waals surface area contributed by atoms with E-state index in [-0.39, 0.29) is 22.7 Å². The minimum atomic E-state index is -1.03. The van der Waals surface area contributed by atoms with E-state index in [9.17, 15) is 9.90 Å². The molecule has 1 spiro atoms. The van der Waals surface area contributed by atoms with Crippen molar-refractivity contribution in [3.8, 4) is 0 Å². The number of carbonyl (C=O) groups excluding carboxylic acids is 1. The summed E-state index contributed by atoms with van der Waals surface area (Å²) in [7, 11) is 0. The zero-order valence-corrected chi connectivity index (χ0v) is 6.83. The molecular weight excluding hydrogens is 156 g/mol. The lowest BCUT2D eigenvalue weighted by Gasteiger charge is -2.16. The van der Waals surface area contributed by atoms with Gasteiger partial charge in [0.15, 0.2) is 0 Å². The maximum absolute atomic E-state index is 11.4. The van der Waals surface area contributed by atoms with Crippen LogP contribution in [0.2, 0.25) is 0 Å². The van der Waals surface area contributed by atoms with E-state index < -0.39 is 5.79 Å². The maximum Gasteiger partial charge on any atom is 0.314 e. The van der Waals surface area contributed by atoms with Crippen molar-refractivity contribution in [2.45, 2.75) is 25.6 Å². The summed E-state index contributed by atoms with van der Waals surface area (Å²) in [6, 6.07) is 0. The normalized spacial score (nSPS) is 75.0. The second kappa shape index (κ2) is 1.07. The third-order valence-electron chi connectivity index (χ3n) is 4.66. The molecule has 0 aromatic heterocycles. The first-order chi connectivity index (χ1) is 5.56. The van der Waals surface area contributed by atoms with E-state index in [1.165, 1.54) is 0 Å². The minimum absolute atomic E-state index is 0.0374. The summed E-state index contributed by atoms with van der Waals surface area (Å²) in [5.74, 6) is -0.492. The summed E-state index contributed by atoms with van der Waals surface area (Å²) < 4.78 is 5.07. The lowest BCUT2D eigenvalue weighted by Crippen LogP contribution is -2.25. The monoisotopic (exact) mass is 166 g/mol. The molecule has 3 nitrogen and oxygen atoms in total. The Morgan fingerprint density at radius 3 is 2.92 bits per heavy atom. The van der Waals surface area contributed by atoms with Gasteiger partial charge in [0, 0.05) is 5.41 Å². The van der Waals surface area contributed by atoms with Gasteiger partial charge in [0.25, 0.3) is 0 Å². The molecule has 1 heterocycles. The molecule has 1 saturated heterocycles. The van der Waals surface area contributed by atoms with Crippen molar-refractivity contribution in [3.05, 3.63) is 0 Å². The first kappa shape index (κ1) is 5.97. The molecule has 0 radical (unpaired) electrons. The molecule has 4 fully saturated rings. The van der Waals surface area contributed by atoms with E-state index >= 15 is 0 Å². The van der Waals surface area contributed by atoms with Crippen LogP contribution in [0, 0.1) is 22.7 Å². The van der Waals surface area contributed by atoms with E-state index in [0.717, 1.165) is 12.8 Å². The molecule has 4 rings (SSSR count). The molecule has 1 aliphatic heterocycles. The zero-order chi connectivity index (χ0) is 8.35. The quantitative estimate of drug-likeness (QED) is 0.526. The van der Waals surface area contributed by atoms with Gasteiger partial charge < -0.3 is 9.84 Å². The molecule has 1 N–H and O–H groups in total. The number of rotatable bonds is 0. The van der Waals surface area contributed by atoms with E-state index in [2.05, 4.69) is 0 Å². The van der Waals surface area contributed by atoms with Gasteiger partial charge in [-0.2, -0.15) is 0 Å². The van der Waals surface area contributed by atoms with Crippen molar-refractivity contribution in [1.82, 2.24) is 0 Å². The Kier molecular flexibility index (Phi) is 0.533. The van der Waals surface area contributed by atoms with E-state index in [1.54, 1.807) is 0 Å². The van der Waals surface area contributed by atoms with Crippen LogP contribution in [-0.4, -0.2) is 16.9 Å². The molecule has 5 atom stereocenters. The van der Waals surface area contributed by atoms with E-state index in [0.29, 0.717) is 5.92 Å². The van der Waals surface area contributed by atoms with E-state index in [4.69, 9.17) is 4.74 Å². The van der Waals surface area contributed by atoms with Crippen molar-refractivity contribution in [1.29, 1.82) is 0 Å². The van der Waals surface area contributed by atoms with Crippen LogP contribution in [0.5, 0.6) is 0 Å². The van der Waals surface area contributed by atoms with Crippen LogP contribution >= 0.6 is 0 Å². The van der Waals surface area contributed by atoms with Crippen LogP contribution in [0.25, 0.3) is 0 Å². The number of carbonyl (C=O) groups is 1. The number of esters is 1. The number of ether oxygens (including phenoxy) is 1. The molecule has 3 heteroatoms. The van der Waals surface area contributed by atoms with Crippen LogP contribution in [0.4, 0.5) is 0 Å². The van der Waals surface area contributed by atoms with Crippen LogP contribution < -0.4 is 0 Å². The van der Waals surface area contributed by atoms with Gasteiger partial charge in [-0.15, -0.1) is 0 Å². The average Bonchev–Trinajstić information content (AvgIpc) is 2.68. The van der Waals surface area contributed by atoms with Gasteiger partial charge in [-0.25, -0.2) is 0 Å². The van der Waals surface area contributed by atoms with Gasteiger partial charge in [0.1, 0.15) is 0 Å². The average molecular weight is 166 g/mol. The number of aliphatic hydroxyl groups is 1. The highest BCUT2D eigenvalue weighted by molar-refractivity contribution is 5.85. The standard InChI is InChI=1S/C9H10O3/c1-7-2-4-3-8(4)5(7)9(8,11)12-6(7)10/h4-5,11H,2-3H2,1H3. The SMILES string of the molecule is CC12CC3CC34C1C4(O)OC2=O. The first-order valence-electron chi connectivity index (χ1n) is 4.51. The molecule has 3 saturated carbocycles. The summed E-state index contributed by atoms with van der Waals surface area (Å²) >= 11 is 0. The fraction of sp³-hybridized carbons (Fsp3) is 0.889. The summed E-state index contributed by atoms with van der Waals surface area (Å²) in [5.41, 5.74) is -0.298. The van der Waals surface area contributed by atoms with Crippen LogP contribution in [-0.2, 0) is 9.53 Å². The second-order valence-corrected chi connectivity index (χ2v) is 5.08. The Morgan fingerprint density at radius 2 is 2.33 bits per heavy atom. The zero-order valence-electron chi connectivity index (χ0n) is 6.83. The summed E-state index contributed by atoms with van der Waals surface area (Å²) in [6.07, 6.45) is 2.02. The molecule has 4 aliphatic rings. The van der Waals surface area contributed by atoms with Gasteiger partial charge in [-0.05, 0) is 25.7 Å². The van der Waals surface area contributed by atoms with Gasteiger partial charge in [0.2, 0.25) is 5.79 Å². The first-order valence-corrected chi connectivity index (χ1v) is 4.51. The Labute approximate surface area is 69.7 Å². The molecule has 0 aromatic carbocycles. The predicted octanol–water partition coefficient (Wildman–Crippen LogP) is 0.278. The van der Waals surface area contributed by atoms with Crippen LogP contribution in [0.1, 0.15) is 19.8 Å². The van der Waals surface area contributed by atoms with Crippen molar-refractivity contribution >= 4 is 5.97 Å². The molecule has 5 unspecified atom stereocenters. The van der Waals surface area contributed by atoms with Crippen LogP contribution in [0.3, 0.4) is 0 Å². The number of hydrogen-bond acceptors (Lipinski definition) is 3. The molecule has 12 heavy (non-hydrogen) atoms. The van der Waals surface area contributed by atoms with Gasteiger partial charge >= 0.3 is 5.97 Å². The Morgan fingerprint density at radius 1 is 1.58 bits per heavy atom. The largest absolute Gasteiger partial charge is 0.432 e. The summed E-state index contributed by atoms with van der Waals surface area (Å²) in [5, 5.41) is 9.95. The highest BCUT2D eigenvalue weighted by Gasteiger charge is 3.01. The molecule has 0 bridgehead atoms. The van der Waals surface area contributed by atoms with Gasteiger partial charge in [-0.3, -0.25) is 4.79 Å². The van der Waals surface area contributed by atoms with Crippen molar-refractivity contribution in [2.75, 3.05) is 0 Å². The van der Waals surface area contributed by atoms with Crippen molar-refractivity contribution in [3.63, 3.8) is 0 Å². The highest BCUT2D eigenvalue weighted by atomic mass is 16.7. The third-order valence-corrected chi connectivity index (χ3v) is 4.66. The summed E-state index contributed by atoms with van der Waals surface area (Å²) in [4.78, 5) is 11.4. The van der Waals surface area contributed by atoms with Crippen LogP contribution in [0.15, 0.2) is 0 Å². The molecular formula is C9H10O3. The number of hydrogen-bond donors (Lipinski definition) is 1. The van der Waals surface area contributed by atoms with Gasteiger partial charge in [0.05, 0.1) is 11.3 Å². The minimum Gasteiger partial charge on any atom is -0.432 e. The summed E-state index contributed by atoms with van der Waals surface area (Å²) in [6.45, 7) is 1.94.